The molecule has 2 atom stereocenters. The number of hydrogen-bond donors (Lipinski definition) is 0. The van der Waals surface area contributed by atoms with E-state index in [9.17, 15) is 4.79 Å². The van der Waals surface area contributed by atoms with Crippen LogP contribution in [-0.2, 0) is 23.1 Å². The Bertz CT molecular complexity index is 1460. The van der Waals surface area contributed by atoms with Gasteiger partial charge in [-0.25, -0.2) is 4.68 Å². The van der Waals surface area contributed by atoms with Crippen LogP contribution in [0.2, 0.25) is 0 Å². The van der Waals surface area contributed by atoms with E-state index in [1.54, 1.807) is 0 Å². The van der Waals surface area contributed by atoms with Crippen LogP contribution in [0.15, 0.2) is 60.7 Å². The summed E-state index contributed by atoms with van der Waals surface area (Å²) in [6.45, 7) is 11.7. The van der Waals surface area contributed by atoms with E-state index in [-0.39, 0.29) is 11.9 Å². The molecule has 6 nitrogen and oxygen atoms in total. The van der Waals surface area contributed by atoms with E-state index in [2.05, 4.69) is 96.6 Å². The van der Waals surface area contributed by atoms with Gasteiger partial charge < -0.3 is 4.74 Å². The summed E-state index contributed by atoms with van der Waals surface area (Å²) in [6, 6.07) is 22.0. The summed E-state index contributed by atoms with van der Waals surface area (Å²) in [5.74, 6) is 0.413. The summed E-state index contributed by atoms with van der Waals surface area (Å²) in [6.07, 6.45) is 3.07. The average molecular weight is 539 g/mol. The molecule has 0 spiro atoms. The molecular weight excluding hydrogens is 496 g/mol. The van der Waals surface area contributed by atoms with Crippen LogP contribution in [0.25, 0.3) is 22.2 Å². The Morgan fingerprint density at radius 3 is 2.60 bits per heavy atom. The molecule has 0 amide bonds. The summed E-state index contributed by atoms with van der Waals surface area (Å²) < 4.78 is 7.41. The van der Waals surface area contributed by atoms with Gasteiger partial charge in [0.1, 0.15) is 5.52 Å². The van der Waals surface area contributed by atoms with E-state index in [4.69, 9.17) is 4.74 Å². The summed E-state index contributed by atoms with van der Waals surface area (Å²) >= 11 is 0. The maximum Gasteiger partial charge on any atom is 0.313 e. The molecule has 0 aliphatic carbocycles. The van der Waals surface area contributed by atoms with Crippen molar-refractivity contribution in [1.82, 2.24) is 19.9 Å². The molecule has 1 aliphatic heterocycles. The van der Waals surface area contributed by atoms with Crippen molar-refractivity contribution in [2.45, 2.75) is 65.3 Å². The number of fused-ring (bicyclic) bond motifs is 1. The van der Waals surface area contributed by atoms with E-state index in [0.717, 1.165) is 55.5 Å². The summed E-state index contributed by atoms with van der Waals surface area (Å²) in [4.78, 5) is 15.7. The van der Waals surface area contributed by atoms with E-state index < -0.39 is 0 Å². The minimum Gasteiger partial charge on any atom is -0.466 e. The Morgan fingerprint density at radius 1 is 1.05 bits per heavy atom. The molecule has 4 aromatic rings. The number of benzene rings is 3. The fourth-order valence-electron chi connectivity index (χ4n) is 6.01. The van der Waals surface area contributed by atoms with Gasteiger partial charge in [-0.1, -0.05) is 73.2 Å². The molecule has 2 heterocycles. The molecule has 5 rings (SSSR count). The van der Waals surface area contributed by atoms with E-state index >= 15 is 0 Å². The first-order valence-corrected chi connectivity index (χ1v) is 14.7. The van der Waals surface area contributed by atoms with Crippen molar-refractivity contribution >= 4 is 17.0 Å². The minimum atomic E-state index is -0.261. The molecule has 1 fully saturated rings. The average Bonchev–Trinajstić information content (AvgIpc) is 3.32. The monoisotopic (exact) mass is 538 g/mol. The molecule has 0 N–H and O–H groups in total. The highest BCUT2D eigenvalue weighted by Gasteiger charge is 2.27. The normalized spacial score (nSPS) is 16.9. The molecule has 0 saturated carbocycles. The van der Waals surface area contributed by atoms with Crippen molar-refractivity contribution in [3.63, 3.8) is 0 Å². The van der Waals surface area contributed by atoms with Crippen molar-refractivity contribution in [3.05, 3.63) is 82.9 Å². The van der Waals surface area contributed by atoms with Gasteiger partial charge >= 0.3 is 5.97 Å². The van der Waals surface area contributed by atoms with E-state index in [1.807, 2.05) is 18.7 Å². The van der Waals surface area contributed by atoms with Gasteiger partial charge in [0.2, 0.25) is 0 Å². The van der Waals surface area contributed by atoms with E-state index in [1.165, 1.54) is 27.8 Å². The summed E-state index contributed by atoms with van der Waals surface area (Å²) in [5, 5.41) is 8.38. The first-order valence-electron chi connectivity index (χ1n) is 14.7. The van der Waals surface area contributed by atoms with Crippen LogP contribution >= 0.6 is 0 Å². The van der Waals surface area contributed by atoms with Gasteiger partial charge in [-0.3, -0.25) is 9.69 Å². The third kappa shape index (κ3) is 6.44. The van der Waals surface area contributed by atoms with Crippen molar-refractivity contribution in [2.75, 3.05) is 19.7 Å². The lowest BCUT2D eigenvalue weighted by Gasteiger charge is -2.33. The standard InChI is InChI=1S/C34H42N4O2/c1-6-40-34(39)31(16-23(2)3)30-19-28(26-12-9-24(4)10-13-26)18-29(20-30)27-8-7-15-38(22-27)21-25-11-14-32-33(17-25)37(5)36-35-32/h9-14,17-20,23,27,31H,6-8,15-16,21-22H2,1-5H3. The minimum absolute atomic E-state index is 0.117. The van der Waals surface area contributed by atoms with Crippen LogP contribution in [0.1, 0.15) is 74.1 Å². The number of rotatable bonds is 9. The maximum atomic E-state index is 13.2. The molecule has 1 aliphatic rings. The second-order valence-electron chi connectivity index (χ2n) is 11.8. The molecule has 0 bridgehead atoms. The number of carbonyl (C=O) groups is 1. The highest BCUT2D eigenvalue weighted by atomic mass is 16.5. The van der Waals surface area contributed by atoms with Crippen LogP contribution in [0.5, 0.6) is 0 Å². The molecule has 1 aromatic heterocycles. The summed E-state index contributed by atoms with van der Waals surface area (Å²) in [5.41, 5.74) is 9.29. The zero-order chi connectivity index (χ0) is 28.2. The number of esters is 1. The van der Waals surface area contributed by atoms with Crippen LogP contribution in [-0.4, -0.2) is 45.6 Å². The predicted molar refractivity (Wildman–Crippen MR) is 161 cm³/mol. The van der Waals surface area contributed by atoms with Gasteiger partial charge in [0.15, 0.2) is 0 Å². The lowest BCUT2D eigenvalue weighted by molar-refractivity contribution is -0.145. The number of aromatic nitrogens is 3. The molecule has 0 radical (unpaired) electrons. The third-order valence-corrected chi connectivity index (χ3v) is 8.10. The molecule has 1 saturated heterocycles. The van der Waals surface area contributed by atoms with Crippen molar-refractivity contribution in [3.8, 4) is 11.1 Å². The number of ether oxygens (including phenoxy) is 1. The van der Waals surface area contributed by atoms with Crippen molar-refractivity contribution in [2.24, 2.45) is 13.0 Å². The topological polar surface area (TPSA) is 60.2 Å². The lowest BCUT2D eigenvalue weighted by Crippen LogP contribution is -2.34. The number of likely N-dealkylation sites (tertiary alicyclic amines) is 1. The van der Waals surface area contributed by atoms with Crippen molar-refractivity contribution < 1.29 is 9.53 Å². The van der Waals surface area contributed by atoms with Gasteiger partial charge in [-0.15, -0.1) is 5.10 Å². The fourth-order valence-corrected chi connectivity index (χ4v) is 6.01. The number of piperidine rings is 1. The molecule has 2 unspecified atom stereocenters. The number of hydrogen-bond acceptors (Lipinski definition) is 5. The largest absolute Gasteiger partial charge is 0.466 e. The van der Waals surface area contributed by atoms with Gasteiger partial charge in [0.25, 0.3) is 0 Å². The van der Waals surface area contributed by atoms with Crippen LogP contribution in [0.4, 0.5) is 0 Å². The molecule has 3 aromatic carbocycles. The Hall–Kier alpha value is -3.51. The fraction of sp³-hybridized carbons (Fsp3) is 0.441. The Labute approximate surface area is 238 Å². The second-order valence-corrected chi connectivity index (χ2v) is 11.8. The van der Waals surface area contributed by atoms with Crippen LogP contribution in [0, 0.1) is 12.8 Å². The van der Waals surface area contributed by atoms with Gasteiger partial charge in [-0.2, -0.15) is 0 Å². The molecular formula is C34H42N4O2. The van der Waals surface area contributed by atoms with Crippen molar-refractivity contribution in [1.29, 1.82) is 0 Å². The number of aryl methyl sites for hydroxylation is 2. The first kappa shape index (κ1) is 28.0. The molecule has 6 heteroatoms. The van der Waals surface area contributed by atoms with Gasteiger partial charge in [0.05, 0.1) is 18.0 Å². The van der Waals surface area contributed by atoms with Crippen LogP contribution in [0.3, 0.4) is 0 Å². The molecule has 210 valence electrons. The quantitative estimate of drug-likeness (QED) is 0.214. The Morgan fingerprint density at radius 2 is 1.85 bits per heavy atom. The number of carbonyl (C=O) groups excluding carboxylic acids is 1. The molecule has 40 heavy (non-hydrogen) atoms. The smallest absolute Gasteiger partial charge is 0.313 e. The van der Waals surface area contributed by atoms with Gasteiger partial charge in [0, 0.05) is 20.1 Å². The van der Waals surface area contributed by atoms with Gasteiger partial charge in [-0.05, 0) is 91.4 Å². The highest BCUT2D eigenvalue weighted by molar-refractivity contribution is 5.79. The number of nitrogens with zero attached hydrogens (tertiary/aromatic N) is 4. The Balaban J connectivity index is 1.46. The second kappa shape index (κ2) is 12.3. The Kier molecular flexibility index (Phi) is 8.65. The highest BCUT2D eigenvalue weighted by Crippen LogP contribution is 2.36. The van der Waals surface area contributed by atoms with Crippen LogP contribution < -0.4 is 0 Å². The predicted octanol–water partition coefficient (Wildman–Crippen LogP) is 7.02. The lowest BCUT2D eigenvalue weighted by atomic mass is 9.83. The SMILES string of the molecule is CCOC(=O)C(CC(C)C)c1cc(-c2ccc(C)cc2)cc(C2CCCN(Cc3ccc4nnn(C)c4c3)C2)c1. The summed E-state index contributed by atoms with van der Waals surface area (Å²) in [7, 11) is 1.94. The first-order chi connectivity index (χ1) is 19.3. The zero-order valence-corrected chi connectivity index (χ0v) is 24.6. The zero-order valence-electron chi connectivity index (χ0n) is 24.6. The van der Waals surface area contributed by atoms with E-state index in [0.29, 0.717) is 18.4 Å². The third-order valence-electron chi connectivity index (χ3n) is 8.10. The maximum absolute atomic E-state index is 13.2.